The topological polar surface area (TPSA) is 15.3 Å². The van der Waals surface area contributed by atoms with Crippen LogP contribution in [0.2, 0.25) is 0 Å². The zero-order chi connectivity index (χ0) is 9.84. The minimum atomic E-state index is 0.628. The molecule has 2 atom stereocenters. The number of hydrogen-bond donors (Lipinski definition) is 1. The minimum Gasteiger partial charge on any atom is -0.312 e. The molecule has 0 spiro atoms. The number of hydrogen-bond acceptors (Lipinski definition) is 2. The number of rotatable bonds is 2. The van der Waals surface area contributed by atoms with E-state index in [2.05, 4.69) is 38.0 Å². The predicted octanol–water partition coefficient (Wildman–Crippen LogP) is 1.86. The maximum absolute atomic E-state index is 3.64. The van der Waals surface area contributed by atoms with Crippen LogP contribution in [0.1, 0.15) is 40.0 Å². The highest BCUT2D eigenvalue weighted by atomic mass is 15.1. The van der Waals surface area contributed by atoms with Gasteiger partial charge in [-0.15, -0.1) is 0 Å². The Morgan fingerprint density at radius 3 is 2.54 bits per heavy atom. The normalized spacial score (nSPS) is 32.1. The molecule has 2 heteroatoms. The van der Waals surface area contributed by atoms with Crippen molar-refractivity contribution in [2.24, 2.45) is 0 Å². The SMILES string of the molecule is CC(C)NC1CCC(C)N(C)CC1. The molecule has 1 N–H and O–H groups in total. The summed E-state index contributed by atoms with van der Waals surface area (Å²) in [6.45, 7) is 8.04. The maximum Gasteiger partial charge on any atom is 0.00821 e. The Balaban J connectivity index is 2.35. The monoisotopic (exact) mass is 184 g/mol. The van der Waals surface area contributed by atoms with Crippen LogP contribution in [0.4, 0.5) is 0 Å². The first kappa shape index (κ1) is 11.0. The molecule has 2 unspecified atom stereocenters. The molecule has 0 aromatic heterocycles. The molecule has 1 heterocycles. The van der Waals surface area contributed by atoms with Crippen molar-refractivity contribution in [3.63, 3.8) is 0 Å². The molecule has 0 radical (unpaired) electrons. The average molecular weight is 184 g/mol. The van der Waals surface area contributed by atoms with Crippen molar-refractivity contribution >= 4 is 0 Å². The summed E-state index contributed by atoms with van der Waals surface area (Å²) >= 11 is 0. The fourth-order valence-corrected chi connectivity index (χ4v) is 2.03. The van der Waals surface area contributed by atoms with Gasteiger partial charge in [0.1, 0.15) is 0 Å². The average Bonchev–Trinajstić information content (AvgIpc) is 2.19. The minimum absolute atomic E-state index is 0.628. The van der Waals surface area contributed by atoms with Crippen molar-refractivity contribution in [1.29, 1.82) is 0 Å². The van der Waals surface area contributed by atoms with Gasteiger partial charge in [-0.25, -0.2) is 0 Å². The van der Waals surface area contributed by atoms with Crippen molar-refractivity contribution in [2.75, 3.05) is 13.6 Å². The Hall–Kier alpha value is -0.0800. The second kappa shape index (κ2) is 4.97. The molecule has 0 aromatic rings. The molecule has 0 aromatic carbocycles. The van der Waals surface area contributed by atoms with Crippen molar-refractivity contribution in [2.45, 2.75) is 58.2 Å². The summed E-state index contributed by atoms with van der Waals surface area (Å²) < 4.78 is 0. The second-order valence-electron chi connectivity index (χ2n) is 4.71. The standard InChI is InChI=1S/C11H24N2/c1-9(2)12-11-6-5-10(3)13(4)8-7-11/h9-12H,5-8H2,1-4H3. The van der Waals surface area contributed by atoms with Crippen LogP contribution in [0.5, 0.6) is 0 Å². The molecule has 0 saturated carbocycles. The van der Waals surface area contributed by atoms with E-state index in [0.29, 0.717) is 6.04 Å². The molecule has 78 valence electrons. The maximum atomic E-state index is 3.64. The third kappa shape index (κ3) is 3.65. The molecule has 1 fully saturated rings. The van der Waals surface area contributed by atoms with Crippen molar-refractivity contribution in [3.8, 4) is 0 Å². The van der Waals surface area contributed by atoms with Gasteiger partial charge in [-0.05, 0) is 39.8 Å². The zero-order valence-electron chi connectivity index (χ0n) is 9.51. The van der Waals surface area contributed by atoms with E-state index in [1.807, 2.05) is 0 Å². The third-order valence-electron chi connectivity index (χ3n) is 3.08. The van der Waals surface area contributed by atoms with Crippen molar-refractivity contribution in [1.82, 2.24) is 10.2 Å². The Morgan fingerprint density at radius 2 is 1.92 bits per heavy atom. The largest absolute Gasteiger partial charge is 0.312 e. The van der Waals surface area contributed by atoms with E-state index < -0.39 is 0 Å². The van der Waals surface area contributed by atoms with E-state index in [0.717, 1.165) is 12.1 Å². The van der Waals surface area contributed by atoms with Crippen LogP contribution in [-0.2, 0) is 0 Å². The zero-order valence-corrected chi connectivity index (χ0v) is 9.51. The second-order valence-corrected chi connectivity index (χ2v) is 4.71. The summed E-state index contributed by atoms with van der Waals surface area (Å²) in [7, 11) is 2.24. The molecule has 1 rings (SSSR count). The molecule has 1 aliphatic heterocycles. The smallest absolute Gasteiger partial charge is 0.00821 e. The summed E-state index contributed by atoms with van der Waals surface area (Å²) in [5, 5.41) is 3.64. The molecular weight excluding hydrogens is 160 g/mol. The van der Waals surface area contributed by atoms with Crippen molar-refractivity contribution < 1.29 is 0 Å². The third-order valence-corrected chi connectivity index (χ3v) is 3.08. The van der Waals surface area contributed by atoms with Gasteiger partial charge in [-0.3, -0.25) is 0 Å². The quantitative estimate of drug-likeness (QED) is 0.704. The van der Waals surface area contributed by atoms with Gasteiger partial charge in [0, 0.05) is 18.1 Å². The van der Waals surface area contributed by atoms with Gasteiger partial charge in [0.2, 0.25) is 0 Å². The summed E-state index contributed by atoms with van der Waals surface area (Å²) in [5.74, 6) is 0. The summed E-state index contributed by atoms with van der Waals surface area (Å²) in [4.78, 5) is 2.47. The summed E-state index contributed by atoms with van der Waals surface area (Å²) in [6.07, 6.45) is 3.98. The number of nitrogens with one attached hydrogen (secondary N) is 1. The molecule has 0 bridgehead atoms. The highest BCUT2D eigenvalue weighted by molar-refractivity contribution is 4.78. The van der Waals surface area contributed by atoms with Crippen LogP contribution in [0.25, 0.3) is 0 Å². The van der Waals surface area contributed by atoms with E-state index in [1.165, 1.54) is 25.8 Å². The van der Waals surface area contributed by atoms with Crippen LogP contribution >= 0.6 is 0 Å². The van der Waals surface area contributed by atoms with Gasteiger partial charge in [0.15, 0.2) is 0 Å². The summed E-state index contributed by atoms with van der Waals surface area (Å²) in [6, 6.07) is 2.13. The Morgan fingerprint density at radius 1 is 1.23 bits per heavy atom. The van der Waals surface area contributed by atoms with Gasteiger partial charge >= 0.3 is 0 Å². The van der Waals surface area contributed by atoms with Gasteiger partial charge in [-0.2, -0.15) is 0 Å². The fourth-order valence-electron chi connectivity index (χ4n) is 2.03. The van der Waals surface area contributed by atoms with Gasteiger partial charge < -0.3 is 10.2 Å². The lowest BCUT2D eigenvalue weighted by atomic mass is 10.1. The highest BCUT2D eigenvalue weighted by Gasteiger charge is 2.19. The molecule has 1 saturated heterocycles. The van der Waals surface area contributed by atoms with Gasteiger partial charge in [-0.1, -0.05) is 13.8 Å². The van der Waals surface area contributed by atoms with Crippen LogP contribution in [-0.4, -0.2) is 36.6 Å². The van der Waals surface area contributed by atoms with Gasteiger partial charge in [0.05, 0.1) is 0 Å². The fraction of sp³-hybridized carbons (Fsp3) is 1.00. The first-order chi connectivity index (χ1) is 6.09. The van der Waals surface area contributed by atoms with Crippen LogP contribution in [0.3, 0.4) is 0 Å². The lowest BCUT2D eigenvalue weighted by molar-refractivity contribution is 0.263. The number of likely N-dealkylation sites (tertiary alicyclic amines) is 1. The van der Waals surface area contributed by atoms with Crippen molar-refractivity contribution in [3.05, 3.63) is 0 Å². The molecule has 0 amide bonds. The Kier molecular flexibility index (Phi) is 4.20. The van der Waals surface area contributed by atoms with E-state index in [1.54, 1.807) is 0 Å². The lowest BCUT2D eigenvalue weighted by Crippen LogP contribution is -2.35. The molecule has 2 nitrogen and oxygen atoms in total. The van der Waals surface area contributed by atoms with E-state index in [4.69, 9.17) is 0 Å². The Labute approximate surface area is 82.7 Å². The van der Waals surface area contributed by atoms with E-state index >= 15 is 0 Å². The highest BCUT2D eigenvalue weighted by Crippen LogP contribution is 2.15. The molecule has 13 heavy (non-hydrogen) atoms. The molecule has 1 aliphatic rings. The summed E-state index contributed by atoms with van der Waals surface area (Å²) in [5.41, 5.74) is 0. The molecular formula is C11H24N2. The molecule has 0 aliphatic carbocycles. The van der Waals surface area contributed by atoms with Gasteiger partial charge in [0.25, 0.3) is 0 Å². The first-order valence-electron chi connectivity index (χ1n) is 5.56. The predicted molar refractivity (Wildman–Crippen MR) is 58.0 cm³/mol. The van der Waals surface area contributed by atoms with E-state index in [9.17, 15) is 0 Å². The van der Waals surface area contributed by atoms with Crippen LogP contribution in [0, 0.1) is 0 Å². The Bertz CT molecular complexity index is 133. The van der Waals surface area contributed by atoms with Crippen LogP contribution < -0.4 is 5.32 Å². The lowest BCUT2D eigenvalue weighted by Gasteiger charge is -2.20. The van der Waals surface area contributed by atoms with E-state index in [-0.39, 0.29) is 0 Å². The number of nitrogens with zero attached hydrogens (tertiary/aromatic N) is 1. The first-order valence-corrected chi connectivity index (χ1v) is 5.56. The van der Waals surface area contributed by atoms with Crippen LogP contribution in [0.15, 0.2) is 0 Å².